The summed E-state index contributed by atoms with van der Waals surface area (Å²) in [4.78, 5) is 6.89. The summed E-state index contributed by atoms with van der Waals surface area (Å²) in [5.41, 5.74) is 7.09. The van der Waals surface area contributed by atoms with E-state index in [4.69, 9.17) is 5.73 Å². The van der Waals surface area contributed by atoms with Gasteiger partial charge < -0.3 is 5.73 Å². The van der Waals surface area contributed by atoms with Crippen molar-refractivity contribution in [1.82, 2.24) is 9.88 Å². The summed E-state index contributed by atoms with van der Waals surface area (Å²) in [5.74, 6) is 0. The Hall–Kier alpha value is -0.450. The van der Waals surface area contributed by atoms with Crippen LogP contribution in [0.1, 0.15) is 24.0 Å². The molecule has 1 aromatic heterocycles. The molecule has 0 saturated carbocycles. The van der Waals surface area contributed by atoms with Gasteiger partial charge in [0.05, 0.1) is 6.54 Å². The molecule has 0 radical (unpaired) electrons. The lowest BCUT2D eigenvalue weighted by Gasteiger charge is -2.21. The second-order valence-corrected chi connectivity index (χ2v) is 4.99. The van der Waals surface area contributed by atoms with Gasteiger partial charge in [0.2, 0.25) is 0 Å². The van der Waals surface area contributed by atoms with E-state index in [1.54, 1.807) is 11.3 Å². The Balaban J connectivity index is 1.98. The van der Waals surface area contributed by atoms with Crippen LogP contribution in [0.25, 0.3) is 0 Å². The molecule has 0 aromatic carbocycles. The Morgan fingerprint density at radius 2 is 2.50 bits per heavy atom. The van der Waals surface area contributed by atoms with Crippen molar-refractivity contribution < 1.29 is 0 Å². The molecule has 1 saturated heterocycles. The summed E-state index contributed by atoms with van der Waals surface area (Å²) >= 11 is 1.75. The molecule has 78 valence electrons. The molecule has 2 rings (SSSR count). The first kappa shape index (κ1) is 10.1. The fraction of sp³-hybridized carbons (Fsp3) is 0.700. The van der Waals surface area contributed by atoms with Crippen molar-refractivity contribution in [3.8, 4) is 0 Å². The zero-order valence-electron chi connectivity index (χ0n) is 8.73. The molecule has 4 heteroatoms. The second-order valence-electron chi connectivity index (χ2n) is 4.05. The summed E-state index contributed by atoms with van der Waals surface area (Å²) in [6.45, 7) is 6.33. The van der Waals surface area contributed by atoms with Gasteiger partial charge in [-0.15, -0.1) is 11.3 Å². The van der Waals surface area contributed by atoms with Crippen molar-refractivity contribution in [3.63, 3.8) is 0 Å². The molecular formula is C10H17N3S. The molecule has 1 aliphatic heterocycles. The van der Waals surface area contributed by atoms with E-state index in [9.17, 15) is 0 Å². The van der Waals surface area contributed by atoms with Gasteiger partial charge in [-0.05, 0) is 20.3 Å². The minimum atomic E-state index is 0.344. The van der Waals surface area contributed by atoms with E-state index in [1.165, 1.54) is 5.01 Å². The van der Waals surface area contributed by atoms with Crippen molar-refractivity contribution in [2.75, 3.05) is 6.54 Å². The van der Waals surface area contributed by atoms with Crippen LogP contribution in [0, 0.1) is 6.92 Å². The van der Waals surface area contributed by atoms with Crippen molar-refractivity contribution in [2.24, 2.45) is 5.73 Å². The largest absolute Gasteiger partial charge is 0.326 e. The first-order valence-corrected chi connectivity index (χ1v) is 5.95. The average Bonchev–Trinajstić information content (AvgIpc) is 2.67. The van der Waals surface area contributed by atoms with Gasteiger partial charge in [-0.3, -0.25) is 4.90 Å². The van der Waals surface area contributed by atoms with Crippen LogP contribution in [0.4, 0.5) is 0 Å². The van der Waals surface area contributed by atoms with Crippen LogP contribution >= 0.6 is 11.3 Å². The van der Waals surface area contributed by atoms with Gasteiger partial charge in [0, 0.05) is 29.7 Å². The predicted octanol–water partition coefficient (Wildman–Crippen LogP) is 1.37. The van der Waals surface area contributed by atoms with Gasteiger partial charge in [-0.25, -0.2) is 4.98 Å². The fourth-order valence-electron chi connectivity index (χ4n) is 1.90. The lowest BCUT2D eigenvalue weighted by Crippen LogP contribution is -2.36. The lowest BCUT2D eigenvalue weighted by atomic mass is 10.2. The number of hydrogen-bond acceptors (Lipinski definition) is 4. The molecule has 3 nitrogen and oxygen atoms in total. The third-order valence-electron chi connectivity index (χ3n) is 2.95. The molecule has 2 N–H and O–H groups in total. The fourth-order valence-corrected chi connectivity index (χ4v) is 2.70. The maximum atomic E-state index is 5.97. The summed E-state index contributed by atoms with van der Waals surface area (Å²) < 4.78 is 0. The smallest absolute Gasteiger partial charge is 0.107 e. The average molecular weight is 211 g/mol. The van der Waals surface area contributed by atoms with E-state index in [1.807, 2.05) is 6.92 Å². The molecule has 2 heterocycles. The van der Waals surface area contributed by atoms with E-state index >= 15 is 0 Å². The second kappa shape index (κ2) is 3.96. The van der Waals surface area contributed by atoms with Crippen molar-refractivity contribution in [1.29, 1.82) is 0 Å². The van der Waals surface area contributed by atoms with Crippen molar-refractivity contribution >= 4 is 11.3 Å². The van der Waals surface area contributed by atoms with Gasteiger partial charge in [0.1, 0.15) is 5.01 Å². The molecule has 0 spiro atoms. The van der Waals surface area contributed by atoms with Crippen LogP contribution in [-0.4, -0.2) is 28.5 Å². The van der Waals surface area contributed by atoms with E-state index < -0.39 is 0 Å². The van der Waals surface area contributed by atoms with Crippen molar-refractivity contribution in [3.05, 3.63) is 16.1 Å². The quantitative estimate of drug-likeness (QED) is 0.803. The molecule has 2 atom stereocenters. The summed E-state index contributed by atoms with van der Waals surface area (Å²) in [6, 6.07) is 0.843. The zero-order valence-corrected chi connectivity index (χ0v) is 9.55. The third kappa shape index (κ3) is 1.97. The summed E-state index contributed by atoms with van der Waals surface area (Å²) in [5, 5.41) is 3.32. The van der Waals surface area contributed by atoms with Gasteiger partial charge >= 0.3 is 0 Å². The molecule has 1 fully saturated rings. The predicted molar refractivity (Wildman–Crippen MR) is 59.3 cm³/mol. The molecular weight excluding hydrogens is 194 g/mol. The summed E-state index contributed by atoms with van der Waals surface area (Å²) in [7, 11) is 0. The van der Waals surface area contributed by atoms with Gasteiger partial charge in [0.25, 0.3) is 0 Å². The maximum Gasteiger partial charge on any atom is 0.107 e. The molecule has 0 aliphatic carbocycles. The molecule has 14 heavy (non-hydrogen) atoms. The normalized spacial score (nSPS) is 28.5. The first-order chi connectivity index (χ1) is 6.66. The van der Waals surface area contributed by atoms with Crippen LogP contribution in [-0.2, 0) is 6.54 Å². The topological polar surface area (TPSA) is 42.1 Å². The molecule has 1 aromatic rings. The number of nitrogens with zero attached hydrogens (tertiary/aromatic N) is 2. The number of aromatic nitrogens is 1. The number of thiazole rings is 1. The molecule has 2 unspecified atom stereocenters. The SMILES string of the molecule is Cc1csc(CN2CCC(N)C2C)n1. The molecule has 0 amide bonds. The van der Waals surface area contributed by atoms with Gasteiger partial charge in [0.15, 0.2) is 0 Å². The first-order valence-electron chi connectivity index (χ1n) is 5.07. The molecule has 0 bridgehead atoms. The maximum absolute atomic E-state index is 5.97. The monoisotopic (exact) mass is 211 g/mol. The number of likely N-dealkylation sites (tertiary alicyclic amines) is 1. The zero-order chi connectivity index (χ0) is 10.1. The minimum Gasteiger partial charge on any atom is -0.326 e. The Bertz CT molecular complexity index is 310. The highest BCUT2D eigenvalue weighted by atomic mass is 32.1. The number of aryl methyl sites for hydroxylation is 1. The van der Waals surface area contributed by atoms with E-state index in [-0.39, 0.29) is 0 Å². The Morgan fingerprint density at radius 1 is 1.71 bits per heavy atom. The number of hydrogen-bond donors (Lipinski definition) is 1. The van der Waals surface area contributed by atoms with Crippen LogP contribution in [0.3, 0.4) is 0 Å². The summed E-state index contributed by atoms with van der Waals surface area (Å²) in [6.07, 6.45) is 1.12. The van der Waals surface area contributed by atoms with Gasteiger partial charge in [-0.2, -0.15) is 0 Å². The standard InChI is InChI=1S/C10H17N3S/c1-7-6-14-10(12-7)5-13-4-3-9(11)8(13)2/h6,8-9H,3-5,11H2,1-2H3. The lowest BCUT2D eigenvalue weighted by molar-refractivity contribution is 0.251. The Morgan fingerprint density at radius 3 is 3.00 bits per heavy atom. The Labute approximate surface area is 88.9 Å². The number of nitrogens with two attached hydrogens (primary N) is 1. The van der Waals surface area contributed by atoms with Crippen LogP contribution in [0.15, 0.2) is 5.38 Å². The number of rotatable bonds is 2. The van der Waals surface area contributed by atoms with Crippen LogP contribution in [0.2, 0.25) is 0 Å². The van der Waals surface area contributed by atoms with Gasteiger partial charge in [-0.1, -0.05) is 0 Å². The van der Waals surface area contributed by atoms with E-state index in [0.717, 1.165) is 25.2 Å². The third-order valence-corrected chi connectivity index (χ3v) is 3.90. The van der Waals surface area contributed by atoms with Crippen molar-refractivity contribution in [2.45, 2.75) is 38.9 Å². The highest BCUT2D eigenvalue weighted by molar-refractivity contribution is 7.09. The Kier molecular flexibility index (Phi) is 2.85. The highest BCUT2D eigenvalue weighted by Gasteiger charge is 2.27. The molecule has 1 aliphatic rings. The van der Waals surface area contributed by atoms with E-state index in [2.05, 4.69) is 22.2 Å². The van der Waals surface area contributed by atoms with E-state index in [0.29, 0.717) is 12.1 Å². The minimum absolute atomic E-state index is 0.344. The van der Waals surface area contributed by atoms with Crippen LogP contribution in [0.5, 0.6) is 0 Å². The van der Waals surface area contributed by atoms with Crippen LogP contribution < -0.4 is 5.73 Å². The highest BCUT2D eigenvalue weighted by Crippen LogP contribution is 2.20.